The molecular formula is C13H11F2NO2S. The fourth-order valence-electron chi connectivity index (χ4n) is 1.56. The van der Waals surface area contributed by atoms with Gasteiger partial charge in [0.05, 0.1) is 6.61 Å². The van der Waals surface area contributed by atoms with Gasteiger partial charge in [-0.25, -0.2) is 18.6 Å². The van der Waals surface area contributed by atoms with E-state index in [0.29, 0.717) is 9.88 Å². The van der Waals surface area contributed by atoms with Crippen molar-refractivity contribution in [3.63, 3.8) is 0 Å². The van der Waals surface area contributed by atoms with E-state index in [0.717, 1.165) is 12.1 Å². The number of halogens is 2. The number of aromatic nitrogens is 1. The molecule has 1 aromatic carbocycles. The Morgan fingerprint density at radius 2 is 2.16 bits per heavy atom. The molecule has 1 heterocycles. The maximum Gasteiger partial charge on any atom is 0.358 e. The van der Waals surface area contributed by atoms with Gasteiger partial charge in [-0.05, 0) is 26.0 Å². The fourth-order valence-corrected chi connectivity index (χ4v) is 2.49. The summed E-state index contributed by atoms with van der Waals surface area (Å²) < 4.78 is 31.3. The number of ether oxygens (including phenoxy) is 1. The minimum atomic E-state index is -0.704. The molecule has 0 saturated heterocycles. The van der Waals surface area contributed by atoms with E-state index < -0.39 is 17.6 Å². The van der Waals surface area contributed by atoms with Crippen LogP contribution in [0.5, 0.6) is 0 Å². The van der Waals surface area contributed by atoms with Crippen LogP contribution in [0.15, 0.2) is 18.2 Å². The second kappa shape index (κ2) is 5.44. The second-order valence-electron chi connectivity index (χ2n) is 3.77. The standard InChI is InChI=1S/C13H11F2NO2S/c1-3-18-13(17)11-7(2)19-12(16-11)9-5-4-8(14)6-10(9)15/h4-6H,3H2,1-2H3. The lowest BCUT2D eigenvalue weighted by Gasteiger charge is -1.99. The van der Waals surface area contributed by atoms with Gasteiger partial charge in [0.2, 0.25) is 0 Å². The van der Waals surface area contributed by atoms with Crippen molar-refractivity contribution in [1.82, 2.24) is 4.98 Å². The summed E-state index contributed by atoms with van der Waals surface area (Å²) in [5.41, 5.74) is 0.343. The summed E-state index contributed by atoms with van der Waals surface area (Å²) in [5, 5.41) is 0.332. The predicted molar refractivity (Wildman–Crippen MR) is 68.2 cm³/mol. The average molecular weight is 283 g/mol. The molecule has 0 aliphatic carbocycles. The molecule has 0 aliphatic heterocycles. The van der Waals surface area contributed by atoms with Crippen molar-refractivity contribution in [3.05, 3.63) is 40.4 Å². The number of thiazole rings is 1. The van der Waals surface area contributed by atoms with Crippen molar-refractivity contribution in [2.45, 2.75) is 13.8 Å². The summed E-state index contributed by atoms with van der Waals surface area (Å²) in [5.74, 6) is -1.89. The van der Waals surface area contributed by atoms with Crippen LogP contribution in [0.2, 0.25) is 0 Å². The lowest BCUT2D eigenvalue weighted by molar-refractivity contribution is 0.0519. The van der Waals surface area contributed by atoms with Crippen LogP contribution in [0.3, 0.4) is 0 Å². The number of nitrogens with zero attached hydrogens (tertiary/aromatic N) is 1. The molecule has 0 bridgehead atoms. The zero-order chi connectivity index (χ0) is 14.0. The van der Waals surface area contributed by atoms with Crippen LogP contribution < -0.4 is 0 Å². The molecule has 2 rings (SSSR count). The van der Waals surface area contributed by atoms with Gasteiger partial charge in [-0.3, -0.25) is 0 Å². The number of hydrogen-bond donors (Lipinski definition) is 0. The molecule has 0 fully saturated rings. The Balaban J connectivity index is 2.42. The predicted octanol–water partition coefficient (Wildman–Crippen LogP) is 3.57. The van der Waals surface area contributed by atoms with E-state index in [-0.39, 0.29) is 17.9 Å². The van der Waals surface area contributed by atoms with Gasteiger partial charge >= 0.3 is 5.97 Å². The molecule has 19 heavy (non-hydrogen) atoms. The second-order valence-corrected chi connectivity index (χ2v) is 4.97. The van der Waals surface area contributed by atoms with Gasteiger partial charge in [0.15, 0.2) is 5.69 Å². The first-order chi connectivity index (χ1) is 9.02. The largest absolute Gasteiger partial charge is 0.461 e. The van der Waals surface area contributed by atoms with Crippen molar-refractivity contribution >= 4 is 17.3 Å². The minimum absolute atomic E-state index is 0.171. The zero-order valence-corrected chi connectivity index (χ0v) is 11.2. The summed E-state index contributed by atoms with van der Waals surface area (Å²) in [7, 11) is 0. The van der Waals surface area contributed by atoms with Gasteiger partial charge in [0, 0.05) is 16.5 Å². The fraction of sp³-hybridized carbons (Fsp3) is 0.231. The van der Waals surface area contributed by atoms with E-state index in [1.807, 2.05) is 0 Å². The third-order valence-corrected chi connectivity index (χ3v) is 3.43. The Hall–Kier alpha value is -1.82. The summed E-state index contributed by atoms with van der Waals surface area (Å²) >= 11 is 1.17. The highest BCUT2D eigenvalue weighted by Crippen LogP contribution is 2.30. The maximum absolute atomic E-state index is 13.6. The quantitative estimate of drug-likeness (QED) is 0.808. The first-order valence-electron chi connectivity index (χ1n) is 5.63. The Bertz CT molecular complexity index is 625. The summed E-state index contributed by atoms with van der Waals surface area (Å²) in [6.45, 7) is 3.64. The van der Waals surface area contributed by atoms with E-state index in [4.69, 9.17) is 4.74 Å². The normalized spacial score (nSPS) is 10.5. The van der Waals surface area contributed by atoms with Gasteiger partial charge in [-0.15, -0.1) is 11.3 Å². The first-order valence-corrected chi connectivity index (χ1v) is 6.44. The smallest absolute Gasteiger partial charge is 0.358 e. The third-order valence-electron chi connectivity index (χ3n) is 2.43. The van der Waals surface area contributed by atoms with Crippen LogP contribution >= 0.6 is 11.3 Å². The number of hydrogen-bond acceptors (Lipinski definition) is 4. The van der Waals surface area contributed by atoms with Crippen molar-refractivity contribution < 1.29 is 18.3 Å². The topological polar surface area (TPSA) is 39.2 Å². The van der Waals surface area contributed by atoms with Crippen LogP contribution in [-0.4, -0.2) is 17.6 Å². The van der Waals surface area contributed by atoms with Gasteiger partial charge in [0.25, 0.3) is 0 Å². The van der Waals surface area contributed by atoms with Gasteiger partial charge in [-0.2, -0.15) is 0 Å². The third kappa shape index (κ3) is 2.78. The molecule has 0 spiro atoms. The van der Waals surface area contributed by atoms with Gasteiger partial charge < -0.3 is 4.74 Å². The number of aryl methyl sites for hydroxylation is 1. The average Bonchev–Trinajstić information content (AvgIpc) is 2.71. The lowest BCUT2D eigenvalue weighted by Crippen LogP contribution is -2.06. The molecule has 3 nitrogen and oxygen atoms in total. The van der Waals surface area contributed by atoms with E-state index in [1.54, 1.807) is 13.8 Å². The molecule has 0 saturated carbocycles. The molecule has 0 unspecified atom stereocenters. The number of benzene rings is 1. The van der Waals surface area contributed by atoms with Crippen LogP contribution in [0, 0.1) is 18.6 Å². The summed E-state index contributed by atoms with van der Waals surface area (Å²) in [6, 6.07) is 3.24. The van der Waals surface area contributed by atoms with Gasteiger partial charge in [0.1, 0.15) is 16.6 Å². The Kier molecular flexibility index (Phi) is 3.90. The van der Waals surface area contributed by atoms with Crippen molar-refractivity contribution in [3.8, 4) is 10.6 Å². The lowest BCUT2D eigenvalue weighted by atomic mass is 10.2. The molecule has 100 valence electrons. The highest BCUT2D eigenvalue weighted by Gasteiger charge is 2.19. The number of carbonyl (C=O) groups excluding carboxylic acids is 1. The maximum atomic E-state index is 13.6. The number of carbonyl (C=O) groups is 1. The molecule has 0 radical (unpaired) electrons. The molecule has 0 atom stereocenters. The molecule has 0 aliphatic rings. The van der Waals surface area contributed by atoms with Crippen molar-refractivity contribution in [2.75, 3.05) is 6.61 Å². The molecule has 0 amide bonds. The van der Waals surface area contributed by atoms with E-state index in [1.165, 1.54) is 17.4 Å². The number of esters is 1. The molecule has 0 N–H and O–H groups in total. The first kappa shape index (κ1) is 13.6. The van der Waals surface area contributed by atoms with Crippen molar-refractivity contribution in [1.29, 1.82) is 0 Å². The highest BCUT2D eigenvalue weighted by molar-refractivity contribution is 7.15. The number of rotatable bonds is 3. The SMILES string of the molecule is CCOC(=O)c1nc(-c2ccc(F)cc2F)sc1C. The van der Waals surface area contributed by atoms with Crippen LogP contribution in [0.4, 0.5) is 8.78 Å². The Morgan fingerprint density at radius 1 is 1.42 bits per heavy atom. The van der Waals surface area contributed by atoms with E-state index in [2.05, 4.69) is 4.98 Å². The van der Waals surface area contributed by atoms with Crippen LogP contribution in [0.1, 0.15) is 22.3 Å². The van der Waals surface area contributed by atoms with Gasteiger partial charge in [-0.1, -0.05) is 0 Å². The minimum Gasteiger partial charge on any atom is -0.461 e. The molecular weight excluding hydrogens is 272 g/mol. The Labute approximate surface area is 112 Å². The van der Waals surface area contributed by atoms with Crippen LogP contribution in [0.25, 0.3) is 10.6 Å². The molecule has 2 aromatic rings. The summed E-state index contributed by atoms with van der Waals surface area (Å²) in [6.07, 6.45) is 0. The zero-order valence-electron chi connectivity index (χ0n) is 10.4. The molecule has 6 heteroatoms. The summed E-state index contributed by atoms with van der Waals surface area (Å²) in [4.78, 5) is 16.3. The van der Waals surface area contributed by atoms with E-state index in [9.17, 15) is 13.6 Å². The Morgan fingerprint density at radius 3 is 2.79 bits per heavy atom. The van der Waals surface area contributed by atoms with E-state index >= 15 is 0 Å². The van der Waals surface area contributed by atoms with Crippen molar-refractivity contribution in [2.24, 2.45) is 0 Å². The highest BCUT2D eigenvalue weighted by atomic mass is 32.1. The monoisotopic (exact) mass is 283 g/mol. The molecule has 1 aromatic heterocycles. The van der Waals surface area contributed by atoms with Crippen LogP contribution in [-0.2, 0) is 4.74 Å².